The molecule has 1 aliphatic rings. The van der Waals surface area contributed by atoms with Gasteiger partial charge >= 0.3 is 0 Å². The maximum absolute atomic E-state index is 13.3. The number of aliphatic imine (C=N–C) groups is 1. The number of guanidine groups is 1. The van der Waals surface area contributed by atoms with Crippen LogP contribution in [-0.2, 0) is 6.54 Å². The largest absolute Gasteiger partial charge is 0.357 e. The molecule has 0 aliphatic carbocycles. The molecule has 0 unspecified atom stereocenters. The van der Waals surface area contributed by atoms with Crippen LogP contribution in [0.15, 0.2) is 23.2 Å². The molecule has 1 fully saturated rings. The number of aryl methyl sites for hydroxylation is 1. The summed E-state index contributed by atoms with van der Waals surface area (Å²) in [7, 11) is 2.20. The fourth-order valence-corrected chi connectivity index (χ4v) is 3.06. The third kappa shape index (κ3) is 7.90. The van der Waals surface area contributed by atoms with Gasteiger partial charge in [0, 0.05) is 13.1 Å². The van der Waals surface area contributed by atoms with Crippen LogP contribution in [0.4, 0.5) is 4.39 Å². The van der Waals surface area contributed by atoms with E-state index in [4.69, 9.17) is 0 Å². The fraction of sp³-hybridized carbons (Fsp3) is 0.632. The van der Waals surface area contributed by atoms with Crippen LogP contribution in [0.1, 0.15) is 37.3 Å². The highest BCUT2D eigenvalue weighted by atomic mass is 127. The van der Waals surface area contributed by atoms with Gasteiger partial charge in [0.05, 0.1) is 6.54 Å². The molecule has 0 radical (unpaired) electrons. The predicted octanol–water partition coefficient (Wildman–Crippen LogP) is 3.54. The Morgan fingerprint density at radius 2 is 2.00 bits per heavy atom. The molecule has 25 heavy (non-hydrogen) atoms. The minimum Gasteiger partial charge on any atom is -0.357 e. The van der Waals surface area contributed by atoms with Crippen molar-refractivity contribution in [2.24, 2.45) is 10.9 Å². The van der Waals surface area contributed by atoms with E-state index in [-0.39, 0.29) is 29.8 Å². The van der Waals surface area contributed by atoms with Gasteiger partial charge in [-0.25, -0.2) is 9.38 Å². The SMILES string of the molecule is CCNC(=NCc1ccc(F)c(C)c1)NCCC1CCN(C)CC1.I. The van der Waals surface area contributed by atoms with Crippen molar-refractivity contribution in [3.63, 3.8) is 0 Å². The van der Waals surface area contributed by atoms with Crippen LogP contribution in [0.25, 0.3) is 0 Å². The van der Waals surface area contributed by atoms with E-state index in [0.717, 1.165) is 30.5 Å². The van der Waals surface area contributed by atoms with Crippen molar-refractivity contribution in [1.82, 2.24) is 15.5 Å². The van der Waals surface area contributed by atoms with Gasteiger partial charge in [0.1, 0.15) is 5.82 Å². The number of halogens is 2. The zero-order valence-electron chi connectivity index (χ0n) is 15.6. The second kappa shape index (κ2) is 11.7. The molecule has 142 valence electrons. The summed E-state index contributed by atoms with van der Waals surface area (Å²) in [6.07, 6.45) is 3.77. The third-order valence-electron chi connectivity index (χ3n) is 4.67. The molecule has 2 N–H and O–H groups in total. The maximum atomic E-state index is 13.3. The van der Waals surface area contributed by atoms with Crippen molar-refractivity contribution in [2.75, 3.05) is 33.2 Å². The van der Waals surface area contributed by atoms with E-state index in [9.17, 15) is 4.39 Å². The second-order valence-corrected chi connectivity index (χ2v) is 6.74. The summed E-state index contributed by atoms with van der Waals surface area (Å²) in [6, 6.07) is 5.18. The number of hydrogen-bond acceptors (Lipinski definition) is 2. The monoisotopic (exact) mass is 462 g/mol. The number of hydrogen-bond donors (Lipinski definition) is 2. The van der Waals surface area contributed by atoms with Gasteiger partial charge in [0.25, 0.3) is 0 Å². The first-order valence-electron chi connectivity index (χ1n) is 9.04. The van der Waals surface area contributed by atoms with Gasteiger partial charge in [-0.05, 0) is 76.4 Å². The van der Waals surface area contributed by atoms with E-state index in [1.807, 2.05) is 6.07 Å². The van der Waals surface area contributed by atoms with Gasteiger partial charge in [-0.2, -0.15) is 0 Å². The van der Waals surface area contributed by atoms with Crippen molar-refractivity contribution in [2.45, 2.75) is 39.7 Å². The Kier molecular flexibility index (Phi) is 10.3. The molecule has 0 amide bonds. The summed E-state index contributed by atoms with van der Waals surface area (Å²) < 4.78 is 13.3. The van der Waals surface area contributed by atoms with Crippen LogP contribution >= 0.6 is 24.0 Å². The van der Waals surface area contributed by atoms with Crippen LogP contribution in [0.2, 0.25) is 0 Å². The molecule has 0 saturated carbocycles. The summed E-state index contributed by atoms with van der Waals surface area (Å²) in [6.45, 7) is 8.62. The summed E-state index contributed by atoms with van der Waals surface area (Å²) in [5.74, 6) is 1.50. The second-order valence-electron chi connectivity index (χ2n) is 6.74. The smallest absolute Gasteiger partial charge is 0.191 e. The lowest BCUT2D eigenvalue weighted by Crippen LogP contribution is -2.39. The van der Waals surface area contributed by atoms with Crippen LogP contribution in [-0.4, -0.2) is 44.1 Å². The molecular formula is C19H32FIN4. The minimum absolute atomic E-state index is 0. The lowest BCUT2D eigenvalue weighted by atomic mass is 9.94. The number of nitrogens with one attached hydrogen (secondary N) is 2. The van der Waals surface area contributed by atoms with Gasteiger partial charge in [-0.3, -0.25) is 0 Å². The molecule has 0 spiro atoms. The fourth-order valence-electron chi connectivity index (χ4n) is 3.06. The number of benzene rings is 1. The van der Waals surface area contributed by atoms with Gasteiger partial charge < -0.3 is 15.5 Å². The first-order valence-corrected chi connectivity index (χ1v) is 9.04. The quantitative estimate of drug-likeness (QED) is 0.386. The number of likely N-dealkylation sites (tertiary alicyclic amines) is 1. The van der Waals surface area contributed by atoms with Crippen molar-refractivity contribution < 1.29 is 4.39 Å². The van der Waals surface area contributed by atoms with Crippen LogP contribution in [0, 0.1) is 18.7 Å². The Hall–Kier alpha value is -0.890. The summed E-state index contributed by atoms with van der Waals surface area (Å²) in [5.41, 5.74) is 1.70. The van der Waals surface area contributed by atoms with E-state index in [1.54, 1.807) is 13.0 Å². The zero-order valence-corrected chi connectivity index (χ0v) is 18.0. The Balaban J connectivity index is 0.00000312. The van der Waals surface area contributed by atoms with E-state index in [1.165, 1.54) is 38.4 Å². The molecule has 1 aromatic carbocycles. The highest BCUT2D eigenvalue weighted by Gasteiger charge is 2.16. The average molecular weight is 462 g/mol. The molecule has 0 aromatic heterocycles. The van der Waals surface area contributed by atoms with Gasteiger partial charge in [-0.1, -0.05) is 12.1 Å². The molecular weight excluding hydrogens is 430 g/mol. The zero-order chi connectivity index (χ0) is 17.4. The van der Waals surface area contributed by atoms with Crippen LogP contribution in [0.3, 0.4) is 0 Å². The Morgan fingerprint density at radius 3 is 2.64 bits per heavy atom. The third-order valence-corrected chi connectivity index (χ3v) is 4.67. The molecule has 6 heteroatoms. The molecule has 0 atom stereocenters. The molecule has 2 rings (SSSR count). The predicted molar refractivity (Wildman–Crippen MR) is 114 cm³/mol. The van der Waals surface area contributed by atoms with Gasteiger partial charge in [-0.15, -0.1) is 24.0 Å². The van der Waals surface area contributed by atoms with E-state index >= 15 is 0 Å². The highest BCUT2D eigenvalue weighted by Crippen LogP contribution is 2.18. The Labute approximate surface area is 168 Å². The van der Waals surface area contributed by atoms with Crippen LogP contribution in [0.5, 0.6) is 0 Å². The highest BCUT2D eigenvalue weighted by molar-refractivity contribution is 14.0. The normalized spacial score (nSPS) is 16.4. The number of nitrogens with zero attached hydrogens (tertiary/aromatic N) is 2. The summed E-state index contributed by atoms with van der Waals surface area (Å²) in [4.78, 5) is 7.02. The molecule has 0 bridgehead atoms. The lowest BCUT2D eigenvalue weighted by Gasteiger charge is -2.29. The van der Waals surface area contributed by atoms with Crippen LogP contribution < -0.4 is 10.6 Å². The van der Waals surface area contributed by atoms with Gasteiger partial charge in [0.2, 0.25) is 0 Å². The summed E-state index contributed by atoms with van der Waals surface area (Å²) in [5, 5.41) is 6.71. The van der Waals surface area contributed by atoms with Crippen molar-refractivity contribution in [3.05, 3.63) is 35.1 Å². The molecule has 4 nitrogen and oxygen atoms in total. The standard InChI is InChI=1S/C19H31FN4.HI/c1-4-21-19(22-10-7-16-8-11-24(3)12-9-16)23-14-17-5-6-18(20)15(2)13-17;/h5-6,13,16H,4,7-12,14H2,1-3H3,(H2,21,22,23);1H. The van der Waals surface area contributed by atoms with Gasteiger partial charge in [0.15, 0.2) is 5.96 Å². The summed E-state index contributed by atoms with van der Waals surface area (Å²) >= 11 is 0. The minimum atomic E-state index is -0.161. The van der Waals surface area contributed by atoms with E-state index < -0.39 is 0 Å². The maximum Gasteiger partial charge on any atom is 0.191 e. The Bertz CT molecular complexity index is 542. The van der Waals surface area contributed by atoms with Crippen molar-refractivity contribution in [3.8, 4) is 0 Å². The molecule has 1 heterocycles. The molecule has 1 saturated heterocycles. The Morgan fingerprint density at radius 1 is 1.28 bits per heavy atom. The van der Waals surface area contributed by atoms with E-state index in [2.05, 4.69) is 34.5 Å². The topological polar surface area (TPSA) is 39.7 Å². The lowest BCUT2D eigenvalue weighted by molar-refractivity contribution is 0.213. The molecule has 1 aromatic rings. The first kappa shape index (κ1) is 22.2. The molecule has 1 aliphatic heterocycles. The average Bonchev–Trinajstić information content (AvgIpc) is 2.57. The first-order chi connectivity index (χ1) is 11.6. The van der Waals surface area contributed by atoms with Crippen molar-refractivity contribution in [1.29, 1.82) is 0 Å². The van der Waals surface area contributed by atoms with E-state index in [0.29, 0.717) is 12.1 Å². The number of rotatable bonds is 6. The van der Waals surface area contributed by atoms with Crippen molar-refractivity contribution >= 4 is 29.9 Å². The number of piperidine rings is 1.